The average molecular weight is 345 g/mol. The molecule has 0 aliphatic carbocycles. The van der Waals surface area contributed by atoms with E-state index >= 15 is 0 Å². The number of halogens is 1. The van der Waals surface area contributed by atoms with Crippen LogP contribution in [0.4, 0.5) is 0 Å². The van der Waals surface area contributed by atoms with E-state index in [0.717, 1.165) is 10.2 Å². The molecule has 2 aromatic heterocycles. The number of aromatic nitrogens is 3. The Balaban J connectivity index is 2.13. The van der Waals surface area contributed by atoms with E-state index in [-0.39, 0.29) is 16.6 Å². The largest absolute Gasteiger partial charge is 0.286 e. The van der Waals surface area contributed by atoms with Gasteiger partial charge in [0.15, 0.2) is 0 Å². The molecule has 0 fully saturated rings. The maximum absolute atomic E-state index is 12.3. The van der Waals surface area contributed by atoms with Crippen molar-refractivity contribution < 1.29 is 0 Å². The van der Waals surface area contributed by atoms with Gasteiger partial charge in [-0.3, -0.25) is 4.79 Å². The molecule has 1 aromatic carbocycles. The summed E-state index contributed by atoms with van der Waals surface area (Å²) < 4.78 is 2.29. The van der Waals surface area contributed by atoms with Crippen molar-refractivity contribution >= 4 is 33.2 Å². The Labute approximate surface area is 141 Å². The van der Waals surface area contributed by atoms with Crippen molar-refractivity contribution in [3.63, 3.8) is 0 Å². The van der Waals surface area contributed by atoms with Gasteiger partial charge >= 0.3 is 0 Å². The minimum Gasteiger partial charge on any atom is -0.266 e. The van der Waals surface area contributed by atoms with Gasteiger partial charge in [0.05, 0.1) is 28.5 Å². The highest BCUT2D eigenvalue weighted by Crippen LogP contribution is 2.33. The topological polar surface area (TPSA) is 71.6 Å². The number of hydrogen-bond acceptors (Lipinski definition) is 5. The zero-order valence-electron chi connectivity index (χ0n) is 12.5. The third kappa shape index (κ3) is 2.74. The average Bonchev–Trinajstić information content (AvgIpc) is 2.95. The zero-order chi connectivity index (χ0) is 16.6. The van der Waals surface area contributed by atoms with Crippen LogP contribution in [0.1, 0.15) is 36.4 Å². The lowest BCUT2D eigenvalue weighted by molar-refractivity contribution is 0.500. The number of nitrogens with zero attached hydrogens (tertiary/aromatic N) is 4. The monoisotopic (exact) mass is 344 g/mol. The fourth-order valence-electron chi connectivity index (χ4n) is 2.30. The SMILES string of the molecule is CC(C)n1ncc(C(C#N)c2nc3ccccc3s2)c(Cl)c1=O. The van der Waals surface area contributed by atoms with Crippen LogP contribution in [0, 0.1) is 11.3 Å². The summed E-state index contributed by atoms with van der Waals surface area (Å²) in [6.45, 7) is 3.69. The maximum Gasteiger partial charge on any atom is 0.286 e. The molecule has 0 bridgehead atoms. The normalized spacial score (nSPS) is 12.5. The molecule has 23 heavy (non-hydrogen) atoms. The van der Waals surface area contributed by atoms with Gasteiger partial charge < -0.3 is 0 Å². The van der Waals surface area contributed by atoms with E-state index in [9.17, 15) is 10.1 Å². The van der Waals surface area contributed by atoms with Gasteiger partial charge in [-0.25, -0.2) is 9.67 Å². The summed E-state index contributed by atoms with van der Waals surface area (Å²) in [7, 11) is 0. The van der Waals surface area contributed by atoms with E-state index in [2.05, 4.69) is 16.2 Å². The van der Waals surface area contributed by atoms with Crippen LogP contribution in [-0.4, -0.2) is 14.8 Å². The molecule has 0 saturated heterocycles. The van der Waals surface area contributed by atoms with Crippen LogP contribution in [0.25, 0.3) is 10.2 Å². The number of rotatable bonds is 3. The molecular formula is C16H13ClN4OS. The molecule has 5 nitrogen and oxygen atoms in total. The summed E-state index contributed by atoms with van der Waals surface area (Å²) in [6.07, 6.45) is 1.49. The molecule has 3 aromatic rings. The molecule has 0 aliphatic heterocycles. The van der Waals surface area contributed by atoms with Crippen molar-refractivity contribution in [1.82, 2.24) is 14.8 Å². The quantitative estimate of drug-likeness (QED) is 0.725. The lowest BCUT2D eigenvalue weighted by Gasteiger charge is -2.12. The molecule has 1 unspecified atom stereocenters. The van der Waals surface area contributed by atoms with Crippen LogP contribution in [-0.2, 0) is 0 Å². The van der Waals surface area contributed by atoms with Gasteiger partial charge in [0.1, 0.15) is 15.9 Å². The number of para-hydroxylation sites is 1. The summed E-state index contributed by atoms with van der Waals surface area (Å²) in [5, 5.41) is 14.3. The Kier molecular flexibility index (Phi) is 4.16. The number of hydrogen-bond donors (Lipinski definition) is 0. The molecule has 7 heteroatoms. The first-order valence-corrected chi connectivity index (χ1v) is 8.24. The van der Waals surface area contributed by atoms with Crippen molar-refractivity contribution in [2.75, 3.05) is 0 Å². The second kappa shape index (κ2) is 6.11. The van der Waals surface area contributed by atoms with Gasteiger partial charge in [-0.15, -0.1) is 11.3 Å². The van der Waals surface area contributed by atoms with Crippen molar-refractivity contribution in [2.24, 2.45) is 0 Å². The van der Waals surface area contributed by atoms with Gasteiger partial charge in [-0.2, -0.15) is 10.4 Å². The van der Waals surface area contributed by atoms with Crippen LogP contribution in [0.3, 0.4) is 0 Å². The molecule has 116 valence electrons. The van der Waals surface area contributed by atoms with E-state index in [4.69, 9.17) is 11.6 Å². The first-order chi connectivity index (χ1) is 11.0. The van der Waals surface area contributed by atoms with Gasteiger partial charge in [0.2, 0.25) is 0 Å². The number of nitriles is 1. The lowest BCUT2D eigenvalue weighted by Crippen LogP contribution is -2.26. The fourth-order valence-corrected chi connectivity index (χ4v) is 3.57. The van der Waals surface area contributed by atoms with Crippen LogP contribution in [0.2, 0.25) is 5.02 Å². The Morgan fingerprint density at radius 2 is 2.09 bits per heavy atom. The van der Waals surface area contributed by atoms with Crippen molar-refractivity contribution in [3.8, 4) is 6.07 Å². The van der Waals surface area contributed by atoms with Crippen LogP contribution in [0.15, 0.2) is 35.3 Å². The summed E-state index contributed by atoms with van der Waals surface area (Å²) >= 11 is 7.64. The van der Waals surface area contributed by atoms with Crippen LogP contribution >= 0.6 is 22.9 Å². The van der Waals surface area contributed by atoms with Gasteiger partial charge in [0.25, 0.3) is 5.56 Å². The summed E-state index contributed by atoms with van der Waals surface area (Å²) in [6, 6.07) is 9.74. The number of benzene rings is 1. The zero-order valence-corrected chi connectivity index (χ0v) is 14.1. The first kappa shape index (κ1) is 15.7. The first-order valence-electron chi connectivity index (χ1n) is 7.05. The molecule has 0 radical (unpaired) electrons. The van der Waals surface area contributed by atoms with E-state index in [1.807, 2.05) is 38.1 Å². The smallest absolute Gasteiger partial charge is 0.266 e. The highest BCUT2D eigenvalue weighted by Gasteiger charge is 2.24. The highest BCUT2D eigenvalue weighted by molar-refractivity contribution is 7.18. The number of thiazole rings is 1. The Morgan fingerprint density at radius 1 is 1.35 bits per heavy atom. The van der Waals surface area contributed by atoms with E-state index in [0.29, 0.717) is 10.6 Å². The van der Waals surface area contributed by atoms with Gasteiger partial charge in [-0.05, 0) is 26.0 Å². The molecule has 2 heterocycles. The Bertz CT molecular complexity index is 937. The molecule has 3 rings (SSSR count). The summed E-state index contributed by atoms with van der Waals surface area (Å²) in [5.41, 5.74) is 0.836. The van der Waals surface area contributed by atoms with E-state index < -0.39 is 5.92 Å². The number of fused-ring (bicyclic) bond motifs is 1. The maximum atomic E-state index is 12.3. The van der Waals surface area contributed by atoms with Gasteiger partial charge in [0, 0.05) is 5.56 Å². The van der Waals surface area contributed by atoms with E-state index in [1.54, 1.807) is 0 Å². The predicted molar refractivity (Wildman–Crippen MR) is 91.0 cm³/mol. The predicted octanol–water partition coefficient (Wildman–Crippen LogP) is 3.74. The van der Waals surface area contributed by atoms with Crippen molar-refractivity contribution in [3.05, 3.63) is 56.4 Å². The molecule has 0 spiro atoms. The minimum absolute atomic E-state index is 0.0273. The Hall–Kier alpha value is -2.23. The second-order valence-corrected chi connectivity index (χ2v) is 6.78. The summed E-state index contributed by atoms with van der Waals surface area (Å²) in [4.78, 5) is 16.8. The molecule has 0 aliphatic rings. The minimum atomic E-state index is -0.707. The molecule has 0 N–H and O–H groups in total. The molecule has 1 atom stereocenters. The van der Waals surface area contributed by atoms with Crippen LogP contribution < -0.4 is 5.56 Å². The fraction of sp³-hybridized carbons (Fsp3) is 0.250. The molecular weight excluding hydrogens is 332 g/mol. The lowest BCUT2D eigenvalue weighted by atomic mass is 10.0. The molecule has 0 saturated carbocycles. The Morgan fingerprint density at radius 3 is 2.74 bits per heavy atom. The third-order valence-corrected chi connectivity index (χ3v) is 4.94. The van der Waals surface area contributed by atoms with Crippen molar-refractivity contribution in [2.45, 2.75) is 25.8 Å². The van der Waals surface area contributed by atoms with Gasteiger partial charge in [-0.1, -0.05) is 23.7 Å². The highest BCUT2D eigenvalue weighted by atomic mass is 35.5. The second-order valence-electron chi connectivity index (χ2n) is 5.34. The molecule has 0 amide bonds. The van der Waals surface area contributed by atoms with E-state index in [1.165, 1.54) is 22.2 Å². The van der Waals surface area contributed by atoms with Crippen LogP contribution in [0.5, 0.6) is 0 Å². The van der Waals surface area contributed by atoms with Crippen molar-refractivity contribution in [1.29, 1.82) is 5.26 Å². The third-order valence-electron chi connectivity index (χ3n) is 3.46. The summed E-state index contributed by atoms with van der Waals surface area (Å²) in [5.74, 6) is -0.707. The standard InChI is InChI=1S/C16H13ClN4OS/c1-9(2)21-16(22)14(17)11(8-19-21)10(7-18)15-20-12-5-3-4-6-13(12)23-15/h3-6,8-10H,1-2H3.